The molecule has 0 N–H and O–H groups in total. The third-order valence-electron chi connectivity index (χ3n) is 3.82. The molecule has 0 aliphatic heterocycles. The van der Waals surface area contributed by atoms with Gasteiger partial charge in [0.15, 0.2) is 0 Å². The first-order chi connectivity index (χ1) is 7.37. The maximum atomic E-state index is 3.46. The Morgan fingerprint density at radius 2 is 2.00 bits per heavy atom. The molecule has 0 nitrogen and oxygen atoms in total. The molecule has 2 rings (SSSR count). The van der Waals surface area contributed by atoms with Crippen molar-refractivity contribution in [3.63, 3.8) is 0 Å². The summed E-state index contributed by atoms with van der Waals surface area (Å²) in [5, 5.41) is 0. The Labute approximate surface area is 93.7 Å². The fourth-order valence-corrected chi connectivity index (χ4v) is 3.08. The molecule has 0 spiro atoms. The van der Waals surface area contributed by atoms with Crippen LogP contribution in [0.4, 0.5) is 0 Å². The molecule has 0 atom stereocenters. The van der Waals surface area contributed by atoms with E-state index in [1.807, 2.05) is 0 Å². The van der Waals surface area contributed by atoms with Crippen LogP contribution in [-0.2, 0) is 5.41 Å². The van der Waals surface area contributed by atoms with Gasteiger partial charge in [0.1, 0.15) is 0 Å². The molecule has 15 heavy (non-hydrogen) atoms. The molecule has 1 fully saturated rings. The van der Waals surface area contributed by atoms with Crippen LogP contribution >= 0.6 is 0 Å². The topological polar surface area (TPSA) is 0 Å². The minimum atomic E-state index is 0.467. The van der Waals surface area contributed by atoms with Gasteiger partial charge in [0.05, 0.1) is 0 Å². The lowest BCUT2D eigenvalue weighted by atomic mass is 9.67. The van der Waals surface area contributed by atoms with Crippen LogP contribution in [0.3, 0.4) is 0 Å². The molecular formula is C15H21. The van der Waals surface area contributed by atoms with Crippen molar-refractivity contribution in [1.82, 2.24) is 0 Å². The van der Waals surface area contributed by atoms with Gasteiger partial charge in [0, 0.05) is 0 Å². The second kappa shape index (κ2) is 4.83. The molecule has 0 unspecified atom stereocenters. The minimum absolute atomic E-state index is 0.467. The molecule has 0 heterocycles. The van der Waals surface area contributed by atoms with Crippen molar-refractivity contribution in [2.75, 3.05) is 0 Å². The third kappa shape index (κ3) is 2.25. The second-order valence-electron chi connectivity index (χ2n) is 4.87. The Kier molecular flexibility index (Phi) is 3.45. The molecular weight excluding hydrogens is 180 g/mol. The summed E-state index contributed by atoms with van der Waals surface area (Å²) in [6.07, 6.45) is 9.63. The van der Waals surface area contributed by atoms with Crippen LogP contribution < -0.4 is 0 Å². The molecule has 1 aromatic rings. The van der Waals surface area contributed by atoms with Crippen molar-refractivity contribution in [3.05, 3.63) is 35.9 Å². The highest BCUT2D eigenvalue weighted by atomic mass is 14.4. The predicted molar refractivity (Wildman–Crippen MR) is 64.9 cm³/mol. The zero-order valence-electron chi connectivity index (χ0n) is 9.76. The van der Waals surface area contributed by atoms with E-state index in [4.69, 9.17) is 0 Å². The average Bonchev–Trinajstić information content (AvgIpc) is 2.32. The van der Waals surface area contributed by atoms with E-state index in [0.29, 0.717) is 5.41 Å². The Balaban J connectivity index is 2.25. The lowest BCUT2D eigenvalue weighted by Crippen LogP contribution is -2.28. The molecule has 1 radical (unpaired) electrons. The van der Waals surface area contributed by atoms with Gasteiger partial charge in [-0.05, 0) is 36.3 Å². The molecule has 1 aliphatic rings. The van der Waals surface area contributed by atoms with Crippen LogP contribution in [0.2, 0.25) is 0 Å². The van der Waals surface area contributed by atoms with Crippen molar-refractivity contribution in [2.24, 2.45) is 0 Å². The van der Waals surface area contributed by atoms with Crippen molar-refractivity contribution in [1.29, 1.82) is 0 Å². The Bertz CT molecular complexity index is 275. The Hall–Kier alpha value is -0.780. The van der Waals surface area contributed by atoms with Gasteiger partial charge >= 0.3 is 0 Å². The summed E-state index contributed by atoms with van der Waals surface area (Å²) in [4.78, 5) is 0. The lowest BCUT2D eigenvalue weighted by Gasteiger charge is -2.37. The number of hydrogen-bond donors (Lipinski definition) is 0. The smallest absolute Gasteiger partial charge is 0.00409 e. The van der Waals surface area contributed by atoms with Gasteiger partial charge in [-0.15, -0.1) is 0 Å². The van der Waals surface area contributed by atoms with E-state index in [2.05, 4.69) is 37.3 Å². The molecule has 1 saturated carbocycles. The van der Waals surface area contributed by atoms with Gasteiger partial charge in [-0.25, -0.2) is 0 Å². The second-order valence-corrected chi connectivity index (χ2v) is 4.87. The minimum Gasteiger partial charge on any atom is -0.0654 e. The average molecular weight is 201 g/mol. The van der Waals surface area contributed by atoms with Crippen LogP contribution in [0.1, 0.15) is 57.4 Å². The molecule has 0 amide bonds. The summed E-state index contributed by atoms with van der Waals surface area (Å²) in [5.74, 6) is 0. The maximum absolute atomic E-state index is 3.46. The van der Waals surface area contributed by atoms with E-state index in [1.165, 1.54) is 50.5 Å². The van der Waals surface area contributed by atoms with Gasteiger partial charge in [0.25, 0.3) is 0 Å². The first-order valence-electron chi connectivity index (χ1n) is 6.35. The highest BCUT2D eigenvalue weighted by molar-refractivity contribution is 5.24. The van der Waals surface area contributed by atoms with Gasteiger partial charge in [-0.2, -0.15) is 0 Å². The van der Waals surface area contributed by atoms with Crippen LogP contribution in [-0.4, -0.2) is 0 Å². The molecule has 1 aromatic carbocycles. The summed E-state index contributed by atoms with van der Waals surface area (Å²) in [7, 11) is 0. The van der Waals surface area contributed by atoms with E-state index in [0.717, 1.165) is 0 Å². The van der Waals surface area contributed by atoms with Crippen LogP contribution in [0.25, 0.3) is 0 Å². The van der Waals surface area contributed by atoms with Gasteiger partial charge in [-0.1, -0.05) is 56.9 Å². The quantitative estimate of drug-likeness (QED) is 0.676. The number of benzene rings is 1. The highest BCUT2D eigenvalue weighted by Gasteiger charge is 2.32. The molecule has 0 aromatic heterocycles. The summed E-state index contributed by atoms with van der Waals surface area (Å²) in [6.45, 7) is 2.30. The van der Waals surface area contributed by atoms with Gasteiger partial charge < -0.3 is 0 Å². The van der Waals surface area contributed by atoms with Gasteiger partial charge in [-0.3, -0.25) is 0 Å². The summed E-state index contributed by atoms with van der Waals surface area (Å²) in [6, 6.07) is 12.1. The monoisotopic (exact) mass is 201 g/mol. The van der Waals surface area contributed by atoms with E-state index < -0.39 is 0 Å². The predicted octanol–water partition coefficient (Wildman–Crippen LogP) is 4.49. The molecule has 0 saturated heterocycles. The summed E-state index contributed by atoms with van der Waals surface area (Å²) < 4.78 is 0. The third-order valence-corrected chi connectivity index (χ3v) is 3.82. The van der Waals surface area contributed by atoms with Crippen molar-refractivity contribution in [3.8, 4) is 0 Å². The molecule has 1 aliphatic carbocycles. The fraction of sp³-hybridized carbons (Fsp3) is 0.600. The van der Waals surface area contributed by atoms with Crippen molar-refractivity contribution >= 4 is 0 Å². The maximum Gasteiger partial charge on any atom is -0.00409 e. The van der Waals surface area contributed by atoms with E-state index in [9.17, 15) is 0 Å². The van der Waals surface area contributed by atoms with E-state index >= 15 is 0 Å². The number of rotatable bonds is 3. The van der Waals surface area contributed by atoms with Crippen LogP contribution in [0.15, 0.2) is 24.3 Å². The number of hydrogen-bond acceptors (Lipinski definition) is 0. The fourth-order valence-electron chi connectivity index (χ4n) is 3.08. The zero-order valence-corrected chi connectivity index (χ0v) is 9.76. The highest BCUT2D eigenvalue weighted by Crippen LogP contribution is 2.42. The van der Waals surface area contributed by atoms with Crippen molar-refractivity contribution < 1.29 is 0 Å². The zero-order chi connectivity index (χ0) is 10.6. The van der Waals surface area contributed by atoms with E-state index in [-0.39, 0.29) is 0 Å². The normalized spacial score (nSPS) is 20.1. The summed E-state index contributed by atoms with van der Waals surface area (Å²) in [5.41, 5.74) is 1.93. The first kappa shape index (κ1) is 10.7. The molecule has 0 heteroatoms. The van der Waals surface area contributed by atoms with Gasteiger partial charge in [0.2, 0.25) is 0 Å². The molecule has 81 valence electrons. The largest absolute Gasteiger partial charge is 0.0654 e. The van der Waals surface area contributed by atoms with Crippen LogP contribution in [0.5, 0.6) is 0 Å². The summed E-state index contributed by atoms with van der Waals surface area (Å²) >= 11 is 0. The molecule has 0 bridgehead atoms. The SMILES string of the molecule is CCCC1(c2[c]cccc2)CCCCC1. The lowest BCUT2D eigenvalue weighted by molar-refractivity contribution is 0.271. The standard InChI is InChI=1S/C15H21/c1-2-11-15(12-7-4-8-13-15)14-9-5-3-6-10-14/h3,5-6,9H,2,4,7-8,11-13H2,1H3. The Morgan fingerprint density at radius 3 is 2.60 bits per heavy atom. The van der Waals surface area contributed by atoms with Crippen molar-refractivity contribution in [2.45, 2.75) is 57.3 Å². The Morgan fingerprint density at radius 1 is 1.20 bits per heavy atom. The van der Waals surface area contributed by atoms with Crippen LogP contribution in [0, 0.1) is 6.07 Å². The first-order valence-corrected chi connectivity index (χ1v) is 6.35. The van der Waals surface area contributed by atoms with E-state index in [1.54, 1.807) is 0 Å².